The van der Waals surface area contributed by atoms with Gasteiger partial charge in [-0.1, -0.05) is 32.0 Å². The summed E-state index contributed by atoms with van der Waals surface area (Å²) in [6, 6.07) is 10.7. The second kappa shape index (κ2) is 10.7. The fourth-order valence-electron chi connectivity index (χ4n) is 3.98. The number of hydrogen-bond acceptors (Lipinski definition) is 2. The van der Waals surface area contributed by atoms with Gasteiger partial charge in [-0.3, -0.25) is 4.79 Å². The minimum Gasteiger partial charge on any atom is -0.489 e. The van der Waals surface area contributed by atoms with E-state index >= 15 is 0 Å². The van der Waals surface area contributed by atoms with Crippen molar-refractivity contribution in [1.29, 1.82) is 0 Å². The number of ether oxygens (including phenoxy) is 1. The van der Waals surface area contributed by atoms with Crippen LogP contribution in [0.4, 0.5) is 22.0 Å². The zero-order valence-electron chi connectivity index (χ0n) is 20.3. The van der Waals surface area contributed by atoms with Crippen LogP contribution in [0.2, 0.25) is 0 Å². The molecule has 0 aromatic heterocycles. The molecule has 192 valence electrons. The van der Waals surface area contributed by atoms with Gasteiger partial charge in [0, 0.05) is 5.56 Å². The minimum atomic E-state index is -4.56. The highest BCUT2D eigenvalue weighted by atomic mass is 19.4. The van der Waals surface area contributed by atoms with E-state index in [0.717, 1.165) is 18.2 Å². The molecule has 0 fully saturated rings. The average Bonchev–Trinajstić information content (AvgIpc) is 2.78. The maximum atomic E-state index is 13.9. The number of aryl methyl sites for hydroxylation is 1. The Kier molecular flexibility index (Phi) is 8.06. The van der Waals surface area contributed by atoms with Gasteiger partial charge < -0.3 is 9.84 Å². The van der Waals surface area contributed by atoms with Gasteiger partial charge >= 0.3 is 12.1 Å². The smallest absolute Gasteiger partial charge is 0.416 e. The number of alkyl halides is 3. The summed E-state index contributed by atoms with van der Waals surface area (Å²) in [5, 5.41) is 9.84. The highest BCUT2D eigenvalue weighted by molar-refractivity contribution is 5.78. The van der Waals surface area contributed by atoms with Crippen LogP contribution in [0.3, 0.4) is 0 Å². The molecule has 36 heavy (non-hydrogen) atoms. The van der Waals surface area contributed by atoms with Gasteiger partial charge in [-0.2, -0.15) is 13.2 Å². The van der Waals surface area contributed by atoms with Crippen LogP contribution in [-0.2, 0) is 17.6 Å². The fraction of sp³-hybridized carbons (Fsp3) is 0.321. The van der Waals surface area contributed by atoms with Crippen LogP contribution in [0.5, 0.6) is 5.75 Å². The first-order valence-electron chi connectivity index (χ1n) is 11.4. The number of aliphatic carboxylic acids is 1. The van der Waals surface area contributed by atoms with Crippen LogP contribution in [-0.4, -0.2) is 11.1 Å². The number of carboxylic acid groups (broad SMARTS) is 1. The SMILES string of the molecule is Cc1ccc(-c2cc(OCc3cc(F)c(C)c(F)c3)cc(C(CC(C)C)C(=O)O)c2)cc1C(F)(F)F. The molecule has 0 heterocycles. The Morgan fingerprint density at radius 1 is 0.944 bits per heavy atom. The van der Waals surface area contributed by atoms with Crippen LogP contribution in [0, 0.1) is 31.4 Å². The molecule has 3 aromatic carbocycles. The van der Waals surface area contributed by atoms with E-state index in [1.165, 1.54) is 38.1 Å². The van der Waals surface area contributed by atoms with E-state index in [1.54, 1.807) is 6.07 Å². The second-order valence-electron chi connectivity index (χ2n) is 9.31. The van der Waals surface area contributed by atoms with Crippen LogP contribution in [0.25, 0.3) is 11.1 Å². The predicted molar refractivity (Wildman–Crippen MR) is 127 cm³/mol. The Morgan fingerprint density at radius 2 is 1.58 bits per heavy atom. The van der Waals surface area contributed by atoms with Gasteiger partial charge in [0.2, 0.25) is 0 Å². The molecule has 8 heteroatoms. The van der Waals surface area contributed by atoms with Crippen molar-refractivity contribution in [3.8, 4) is 16.9 Å². The fourth-order valence-corrected chi connectivity index (χ4v) is 3.98. The second-order valence-corrected chi connectivity index (χ2v) is 9.31. The molecule has 0 saturated heterocycles. The van der Waals surface area contributed by atoms with Crippen molar-refractivity contribution in [1.82, 2.24) is 0 Å². The summed E-state index contributed by atoms with van der Waals surface area (Å²) in [7, 11) is 0. The Labute approximate surface area is 206 Å². The molecule has 0 amide bonds. The third-order valence-corrected chi connectivity index (χ3v) is 5.96. The summed E-state index contributed by atoms with van der Waals surface area (Å²) >= 11 is 0. The zero-order valence-corrected chi connectivity index (χ0v) is 20.3. The lowest BCUT2D eigenvalue weighted by Gasteiger charge is -2.19. The highest BCUT2D eigenvalue weighted by Crippen LogP contribution is 2.37. The van der Waals surface area contributed by atoms with Gasteiger partial charge in [0.25, 0.3) is 0 Å². The topological polar surface area (TPSA) is 46.5 Å². The first-order chi connectivity index (χ1) is 16.8. The van der Waals surface area contributed by atoms with E-state index in [9.17, 15) is 31.9 Å². The maximum absolute atomic E-state index is 13.9. The predicted octanol–water partition coefficient (Wildman–Crippen LogP) is 8.06. The number of rotatable bonds is 8. The molecule has 0 radical (unpaired) electrons. The zero-order chi connectivity index (χ0) is 26.8. The summed E-state index contributed by atoms with van der Waals surface area (Å²) < 4.78 is 74.2. The molecule has 0 bridgehead atoms. The Bertz CT molecular complexity index is 1240. The van der Waals surface area contributed by atoms with Crippen molar-refractivity contribution < 1.29 is 36.6 Å². The van der Waals surface area contributed by atoms with Gasteiger partial charge in [-0.05, 0) is 84.3 Å². The number of benzene rings is 3. The average molecular weight is 507 g/mol. The lowest BCUT2D eigenvalue weighted by molar-refractivity contribution is -0.139. The van der Waals surface area contributed by atoms with Crippen LogP contribution < -0.4 is 4.74 Å². The van der Waals surface area contributed by atoms with E-state index in [2.05, 4.69) is 0 Å². The Balaban J connectivity index is 2.08. The van der Waals surface area contributed by atoms with Gasteiger partial charge in [0.05, 0.1) is 11.5 Å². The molecule has 0 aliphatic carbocycles. The summed E-state index contributed by atoms with van der Waals surface area (Å²) in [5.74, 6) is -3.25. The minimum absolute atomic E-state index is 0.0360. The quantitative estimate of drug-likeness (QED) is 0.314. The molecule has 3 nitrogen and oxygen atoms in total. The van der Waals surface area contributed by atoms with Gasteiger partial charge in [-0.25, -0.2) is 8.78 Å². The summed E-state index contributed by atoms with van der Waals surface area (Å²) in [6.07, 6.45) is -4.26. The third-order valence-electron chi connectivity index (χ3n) is 5.96. The maximum Gasteiger partial charge on any atom is 0.416 e. The van der Waals surface area contributed by atoms with Crippen molar-refractivity contribution >= 4 is 5.97 Å². The lowest BCUT2D eigenvalue weighted by Crippen LogP contribution is -2.14. The normalized spacial score (nSPS) is 12.6. The standard InChI is InChI=1S/C28H27F5O3/c1-15(2)7-23(27(34)35)21-10-20(19-6-5-16(3)24(13-19)28(31,32)33)11-22(12-21)36-14-18-8-25(29)17(4)26(30)9-18/h5-6,8-13,15,23H,7,14H2,1-4H3,(H,34,35). The Hall–Kier alpha value is -3.42. The van der Waals surface area contributed by atoms with Gasteiger partial charge in [0.1, 0.15) is 24.0 Å². The van der Waals surface area contributed by atoms with E-state index in [4.69, 9.17) is 4.74 Å². The van der Waals surface area contributed by atoms with Crippen molar-refractivity contribution in [2.24, 2.45) is 5.92 Å². The molecule has 0 saturated carbocycles. The first kappa shape index (κ1) is 27.2. The number of carboxylic acids is 1. The summed E-state index contributed by atoms with van der Waals surface area (Å²) in [5.41, 5.74) is 0.292. The molecule has 1 unspecified atom stereocenters. The molecule has 0 aliphatic rings. The molecular weight excluding hydrogens is 479 g/mol. The van der Waals surface area contributed by atoms with Crippen molar-refractivity contribution in [3.05, 3.63) is 88.0 Å². The third kappa shape index (κ3) is 6.42. The molecule has 3 aromatic rings. The molecule has 0 aliphatic heterocycles. The van der Waals surface area contributed by atoms with E-state index in [-0.39, 0.29) is 40.5 Å². The summed E-state index contributed by atoms with van der Waals surface area (Å²) in [6.45, 7) is 6.18. The van der Waals surface area contributed by atoms with Crippen LogP contribution >= 0.6 is 0 Å². The molecule has 1 atom stereocenters. The monoisotopic (exact) mass is 506 g/mol. The van der Waals surface area contributed by atoms with E-state index < -0.39 is 35.3 Å². The molecule has 3 rings (SSSR count). The largest absolute Gasteiger partial charge is 0.489 e. The number of halogens is 5. The molecular formula is C28H27F5O3. The number of carbonyl (C=O) groups is 1. The van der Waals surface area contributed by atoms with Crippen LogP contribution in [0.15, 0.2) is 48.5 Å². The van der Waals surface area contributed by atoms with Crippen molar-refractivity contribution in [2.45, 2.75) is 52.8 Å². The summed E-state index contributed by atoms with van der Waals surface area (Å²) in [4.78, 5) is 12.0. The van der Waals surface area contributed by atoms with Crippen molar-refractivity contribution in [2.75, 3.05) is 0 Å². The van der Waals surface area contributed by atoms with Gasteiger partial charge in [-0.15, -0.1) is 0 Å². The molecule has 0 spiro atoms. The van der Waals surface area contributed by atoms with Crippen molar-refractivity contribution in [3.63, 3.8) is 0 Å². The first-order valence-corrected chi connectivity index (χ1v) is 11.4. The molecule has 1 N–H and O–H groups in total. The van der Waals surface area contributed by atoms with Crippen LogP contribution in [0.1, 0.15) is 54.0 Å². The van der Waals surface area contributed by atoms with Gasteiger partial charge in [0.15, 0.2) is 0 Å². The highest BCUT2D eigenvalue weighted by Gasteiger charge is 2.32. The number of hydrogen-bond donors (Lipinski definition) is 1. The van der Waals surface area contributed by atoms with E-state index in [1.807, 2.05) is 13.8 Å². The van der Waals surface area contributed by atoms with E-state index in [0.29, 0.717) is 17.5 Å². The Morgan fingerprint density at radius 3 is 2.14 bits per heavy atom. The lowest BCUT2D eigenvalue weighted by atomic mass is 9.88.